The first-order valence-corrected chi connectivity index (χ1v) is 9.18. The van der Waals surface area contributed by atoms with Crippen molar-refractivity contribution in [1.82, 2.24) is 15.1 Å². The minimum Gasteiger partial charge on any atom is -0.314 e. The van der Waals surface area contributed by atoms with Crippen LogP contribution in [-0.2, 0) is 0 Å². The maximum atomic E-state index is 13.1. The number of allylic oxidation sites excluding steroid dienone is 2. The molecule has 0 aliphatic carbocycles. The Balaban J connectivity index is 2.20. The van der Waals surface area contributed by atoms with Crippen LogP contribution in [-0.4, -0.2) is 60.7 Å². The highest BCUT2D eigenvalue weighted by Gasteiger charge is 2.24. The van der Waals surface area contributed by atoms with E-state index in [9.17, 15) is 4.79 Å². The molecule has 142 valence electrons. The van der Waals surface area contributed by atoms with Gasteiger partial charge in [0.15, 0.2) is 0 Å². The van der Waals surface area contributed by atoms with Gasteiger partial charge < -0.3 is 5.32 Å². The van der Waals surface area contributed by atoms with Gasteiger partial charge in [0.25, 0.3) is 5.91 Å². The van der Waals surface area contributed by atoms with Gasteiger partial charge in [0.1, 0.15) is 5.82 Å². The maximum absolute atomic E-state index is 13.1. The third kappa shape index (κ3) is 5.88. The first-order valence-electron chi connectivity index (χ1n) is 9.18. The Bertz CT molecular complexity index is 739. The molecule has 0 spiro atoms. The van der Waals surface area contributed by atoms with Gasteiger partial charge in [-0.25, -0.2) is 4.99 Å². The molecule has 0 saturated carbocycles. The van der Waals surface area contributed by atoms with Crippen LogP contribution in [0, 0.1) is 11.3 Å². The predicted molar refractivity (Wildman–Crippen MR) is 109 cm³/mol. The van der Waals surface area contributed by atoms with Crippen LogP contribution in [0.2, 0.25) is 0 Å². The summed E-state index contributed by atoms with van der Waals surface area (Å²) < 4.78 is 0. The van der Waals surface area contributed by atoms with E-state index in [1.807, 2.05) is 13.0 Å². The zero-order valence-electron chi connectivity index (χ0n) is 16.1. The number of rotatable bonds is 7. The van der Waals surface area contributed by atoms with Crippen molar-refractivity contribution in [2.24, 2.45) is 4.99 Å². The number of nitriles is 1. The quantitative estimate of drug-likeness (QED) is 0.753. The van der Waals surface area contributed by atoms with E-state index < -0.39 is 0 Å². The predicted octanol–water partition coefficient (Wildman–Crippen LogP) is 2.41. The zero-order chi connectivity index (χ0) is 19.6. The van der Waals surface area contributed by atoms with Gasteiger partial charge in [-0.05, 0) is 44.2 Å². The monoisotopic (exact) mass is 365 g/mol. The molecule has 1 amide bonds. The molecule has 1 aromatic carbocycles. The average Bonchev–Trinajstić information content (AvgIpc) is 2.72. The highest BCUT2D eigenvalue weighted by atomic mass is 16.2. The van der Waals surface area contributed by atoms with E-state index in [2.05, 4.69) is 34.8 Å². The van der Waals surface area contributed by atoms with E-state index >= 15 is 0 Å². The Morgan fingerprint density at radius 2 is 2.07 bits per heavy atom. The number of hydrogen-bond donors (Lipinski definition) is 1. The summed E-state index contributed by atoms with van der Waals surface area (Å²) in [6.07, 6.45) is 5.30. The van der Waals surface area contributed by atoms with Crippen LogP contribution < -0.4 is 5.32 Å². The summed E-state index contributed by atoms with van der Waals surface area (Å²) in [5.74, 6) is 0.244. The Hall–Kier alpha value is -2.75. The minimum atomic E-state index is -0.163. The summed E-state index contributed by atoms with van der Waals surface area (Å²) in [6.45, 7) is 12.3. The number of carbonyl (C=O) groups excluding carboxylic acids is 1. The van der Waals surface area contributed by atoms with Crippen molar-refractivity contribution < 1.29 is 4.79 Å². The molecule has 2 rings (SSSR count). The summed E-state index contributed by atoms with van der Waals surface area (Å²) in [6, 6.07) is 8.90. The molecule has 1 atom stereocenters. The second-order valence-corrected chi connectivity index (χ2v) is 6.46. The summed E-state index contributed by atoms with van der Waals surface area (Å²) in [4.78, 5) is 21.4. The Morgan fingerprint density at radius 1 is 1.41 bits per heavy atom. The van der Waals surface area contributed by atoms with Crippen molar-refractivity contribution in [2.45, 2.75) is 19.9 Å². The standard InChI is InChI=1S/C21H27N5O/c1-4-5-10-24-18(3)26(16-17(2)25-13-11-23-12-14-25)21(27)20-8-6-19(15-22)7-9-20/h4-10,17,23H,3,11-14,16H2,1-2H3/b5-4-,24-10-/t17-/m1/s1. The fourth-order valence-corrected chi connectivity index (χ4v) is 2.94. The Morgan fingerprint density at radius 3 is 2.67 bits per heavy atom. The molecule has 27 heavy (non-hydrogen) atoms. The number of hydrogen-bond acceptors (Lipinski definition) is 5. The molecule has 0 radical (unpaired) electrons. The highest BCUT2D eigenvalue weighted by molar-refractivity contribution is 5.95. The lowest BCUT2D eigenvalue weighted by atomic mass is 10.1. The third-order valence-corrected chi connectivity index (χ3v) is 4.54. The van der Waals surface area contributed by atoms with Crippen LogP contribution in [0.15, 0.2) is 53.8 Å². The lowest BCUT2D eigenvalue weighted by Gasteiger charge is -2.35. The van der Waals surface area contributed by atoms with E-state index in [-0.39, 0.29) is 11.9 Å². The molecule has 1 saturated heterocycles. The number of nitrogens with one attached hydrogen (secondary N) is 1. The Kier molecular flexibility index (Phi) is 7.93. The van der Waals surface area contributed by atoms with Crippen molar-refractivity contribution in [1.29, 1.82) is 5.26 Å². The zero-order valence-corrected chi connectivity index (χ0v) is 16.1. The third-order valence-electron chi connectivity index (χ3n) is 4.54. The molecule has 1 N–H and O–H groups in total. The molecular formula is C21H27N5O. The number of aliphatic imine (C=N–C) groups is 1. The van der Waals surface area contributed by atoms with E-state index in [4.69, 9.17) is 5.26 Å². The van der Waals surface area contributed by atoms with Gasteiger partial charge in [-0.1, -0.05) is 12.7 Å². The normalized spacial score (nSPS) is 16.3. The van der Waals surface area contributed by atoms with Crippen molar-refractivity contribution in [3.05, 3.63) is 59.9 Å². The SMILES string of the molecule is C=C(/N=C\C=C/C)N(C[C@@H](C)N1CCNCC1)C(=O)c1ccc(C#N)cc1. The number of piperazine rings is 1. The summed E-state index contributed by atoms with van der Waals surface area (Å²) >= 11 is 0. The molecule has 6 heteroatoms. The first kappa shape index (κ1) is 20.6. The van der Waals surface area contributed by atoms with Crippen LogP contribution in [0.4, 0.5) is 0 Å². The minimum absolute atomic E-state index is 0.163. The lowest BCUT2D eigenvalue weighted by molar-refractivity contribution is 0.0742. The summed E-state index contributed by atoms with van der Waals surface area (Å²) in [7, 11) is 0. The highest BCUT2D eigenvalue weighted by Crippen LogP contribution is 2.15. The van der Waals surface area contributed by atoms with Gasteiger partial charge in [-0.15, -0.1) is 0 Å². The molecule has 6 nitrogen and oxygen atoms in total. The molecule has 1 heterocycles. The molecule has 1 aromatic rings. The molecule has 0 aromatic heterocycles. The van der Waals surface area contributed by atoms with Crippen molar-refractivity contribution in [3.8, 4) is 6.07 Å². The van der Waals surface area contributed by atoms with Gasteiger partial charge in [0, 0.05) is 50.5 Å². The average molecular weight is 365 g/mol. The van der Waals surface area contributed by atoms with E-state index in [1.54, 1.807) is 41.5 Å². The van der Waals surface area contributed by atoms with Crippen LogP contribution in [0.3, 0.4) is 0 Å². The van der Waals surface area contributed by atoms with Gasteiger partial charge in [0.05, 0.1) is 11.6 Å². The fourth-order valence-electron chi connectivity index (χ4n) is 2.94. The van der Waals surface area contributed by atoms with E-state index in [0.29, 0.717) is 23.5 Å². The van der Waals surface area contributed by atoms with Gasteiger partial charge >= 0.3 is 0 Å². The van der Waals surface area contributed by atoms with Crippen LogP contribution in [0.5, 0.6) is 0 Å². The molecule has 1 aliphatic heterocycles. The lowest BCUT2D eigenvalue weighted by Crippen LogP contribution is -2.51. The molecule has 0 bridgehead atoms. The van der Waals surface area contributed by atoms with Crippen molar-refractivity contribution in [2.75, 3.05) is 32.7 Å². The Labute approximate surface area is 161 Å². The summed E-state index contributed by atoms with van der Waals surface area (Å²) in [5.41, 5.74) is 1.04. The van der Waals surface area contributed by atoms with Crippen molar-refractivity contribution in [3.63, 3.8) is 0 Å². The molecule has 0 unspecified atom stereocenters. The first-order chi connectivity index (χ1) is 13.1. The largest absolute Gasteiger partial charge is 0.314 e. The second-order valence-electron chi connectivity index (χ2n) is 6.46. The van der Waals surface area contributed by atoms with Gasteiger partial charge in [-0.2, -0.15) is 5.26 Å². The maximum Gasteiger partial charge on any atom is 0.259 e. The number of benzene rings is 1. The molecule has 1 fully saturated rings. The second kappa shape index (κ2) is 10.4. The van der Waals surface area contributed by atoms with Gasteiger partial charge in [-0.3, -0.25) is 14.6 Å². The topological polar surface area (TPSA) is 71.7 Å². The van der Waals surface area contributed by atoms with Gasteiger partial charge in [0.2, 0.25) is 0 Å². The number of nitrogens with zero attached hydrogens (tertiary/aromatic N) is 4. The van der Waals surface area contributed by atoms with E-state index in [0.717, 1.165) is 26.2 Å². The van der Waals surface area contributed by atoms with Crippen LogP contribution >= 0.6 is 0 Å². The van der Waals surface area contributed by atoms with Crippen LogP contribution in [0.25, 0.3) is 0 Å². The summed E-state index contributed by atoms with van der Waals surface area (Å²) in [5, 5.41) is 12.3. The van der Waals surface area contributed by atoms with E-state index in [1.165, 1.54) is 0 Å². The fraction of sp³-hybridized carbons (Fsp3) is 0.381. The molecule has 1 aliphatic rings. The van der Waals surface area contributed by atoms with Crippen LogP contribution in [0.1, 0.15) is 29.8 Å². The van der Waals surface area contributed by atoms with Crippen molar-refractivity contribution >= 4 is 12.1 Å². The molecular weight excluding hydrogens is 338 g/mol. The number of amides is 1. The number of carbonyl (C=O) groups is 1. The smallest absolute Gasteiger partial charge is 0.259 e.